The average Bonchev–Trinajstić information content (AvgIpc) is 2.74. The molecule has 0 aromatic heterocycles. The zero-order valence-electron chi connectivity index (χ0n) is 17.9. The van der Waals surface area contributed by atoms with Gasteiger partial charge >= 0.3 is 0 Å². The molecule has 3 amide bonds. The Bertz CT molecular complexity index is 777. The number of anilines is 1. The molecule has 1 N–H and O–H groups in total. The number of carbonyl (C=O) groups is 3. The molecule has 2 heterocycles. The minimum atomic E-state index is -0.411. The van der Waals surface area contributed by atoms with Crippen molar-refractivity contribution in [3.8, 4) is 0 Å². The van der Waals surface area contributed by atoms with Crippen LogP contribution in [-0.4, -0.2) is 52.7 Å². The minimum absolute atomic E-state index is 0.0261. The number of amides is 3. The van der Waals surface area contributed by atoms with Crippen LogP contribution in [0.25, 0.3) is 0 Å². The number of benzene rings is 1. The first kappa shape index (κ1) is 21.3. The molecule has 3 rings (SSSR count). The van der Waals surface area contributed by atoms with Crippen LogP contribution in [0.5, 0.6) is 0 Å². The number of likely N-dealkylation sites (tertiary alicyclic amines) is 2. The molecule has 2 aliphatic rings. The minimum Gasteiger partial charge on any atom is -0.336 e. The lowest BCUT2D eigenvalue weighted by Crippen LogP contribution is -2.49. The maximum Gasteiger partial charge on any atom is 0.254 e. The van der Waals surface area contributed by atoms with Crippen LogP contribution >= 0.6 is 0 Å². The summed E-state index contributed by atoms with van der Waals surface area (Å²) in [7, 11) is 0. The lowest BCUT2D eigenvalue weighted by atomic mass is 10.00. The molecule has 0 radical (unpaired) electrons. The first-order chi connectivity index (χ1) is 13.9. The highest BCUT2D eigenvalue weighted by Gasteiger charge is 2.31. The van der Waals surface area contributed by atoms with E-state index < -0.39 is 6.04 Å². The van der Waals surface area contributed by atoms with Crippen LogP contribution in [0.3, 0.4) is 0 Å². The Morgan fingerprint density at radius 2 is 1.72 bits per heavy atom. The third-order valence-electron chi connectivity index (χ3n) is 6.22. The van der Waals surface area contributed by atoms with E-state index >= 15 is 0 Å². The van der Waals surface area contributed by atoms with Gasteiger partial charge < -0.3 is 15.1 Å². The molecule has 158 valence electrons. The highest BCUT2D eigenvalue weighted by Crippen LogP contribution is 2.24. The van der Waals surface area contributed by atoms with Crippen LogP contribution in [0.4, 0.5) is 5.69 Å². The van der Waals surface area contributed by atoms with Crippen molar-refractivity contribution in [1.29, 1.82) is 0 Å². The predicted molar refractivity (Wildman–Crippen MR) is 114 cm³/mol. The van der Waals surface area contributed by atoms with Crippen molar-refractivity contribution in [3.05, 3.63) is 29.3 Å². The largest absolute Gasteiger partial charge is 0.336 e. The Labute approximate surface area is 173 Å². The summed E-state index contributed by atoms with van der Waals surface area (Å²) >= 11 is 0. The second-order valence-electron chi connectivity index (χ2n) is 8.31. The molecular weight excluding hydrogens is 366 g/mol. The van der Waals surface area contributed by atoms with Crippen molar-refractivity contribution in [2.24, 2.45) is 0 Å². The Hall–Kier alpha value is -2.37. The van der Waals surface area contributed by atoms with Crippen molar-refractivity contribution >= 4 is 23.4 Å². The first-order valence-corrected chi connectivity index (χ1v) is 10.9. The van der Waals surface area contributed by atoms with Crippen molar-refractivity contribution in [2.75, 3.05) is 18.4 Å². The van der Waals surface area contributed by atoms with Gasteiger partial charge in [0.25, 0.3) is 5.91 Å². The summed E-state index contributed by atoms with van der Waals surface area (Å²) in [5, 5.41) is 2.99. The lowest BCUT2D eigenvalue weighted by Gasteiger charge is -2.35. The summed E-state index contributed by atoms with van der Waals surface area (Å²) in [6, 6.07) is 5.32. The summed E-state index contributed by atoms with van der Waals surface area (Å²) in [4.78, 5) is 41.6. The SMILES string of the molecule is CCC(=O)N1CCCCC1C(=O)Nc1ccc(C(=O)N2CCCCC2C)cc1C. The van der Waals surface area contributed by atoms with Crippen LogP contribution < -0.4 is 5.32 Å². The second-order valence-corrected chi connectivity index (χ2v) is 8.31. The summed E-state index contributed by atoms with van der Waals surface area (Å²) in [6.45, 7) is 7.29. The number of hydrogen-bond donors (Lipinski definition) is 1. The van der Waals surface area contributed by atoms with Crippen molar-refractivity contribution in [1.82, 2.24) is 9.80 Å². The van der Waals surface area contributed by atoms with Crippen LogP contribution in [0.1, 0.15) is 74.7 Å². The van der Waals surface area contributed by atoms with Crippen molar-refractivity contribution in [2.45, 2.75) is 77.8 Å². The molecule has 29 heavy (non-hydrogen) atoms. The molecule has 0 aliphatic carbocycles. The molecule has 6 nitrogen and oxygen atoms in total. The van der Waals surface area contributed by atoms with Gasteiger partial charge in [-0.25, -0.2) is 0 Å². The molecule has 2 unspecified atom stereocenters. The van der Waals surface area contributed by atoms with Gasteiger partial charge in [-0.3, -0.25) is 14.4 Å². The number of hydrogen-bond acceptors (Lipinski definition) is 3. The Balaban J connectivity index is 1.70. The molecule has 1 aromatic carbocycles. The second kappa shape index (κ2) is 9.42. The maximum atomic E-state index is 12.9. The topological polar surface area (TPSA) is 69.7 Å². The number of piperidine rings is 2. The first-order valence-electron chi connectivity index (χ1n) is 10.9. The van der Waals surface area contributed by atoms with E-state index in [1.54, 1.807) is 11.0 Å². The van der Waals surface area contributed by atoms with Gasteiger partial charge in [0.15, 0.2) is 0 Å². The Morgan fingerprint density at radius 1 is 1.03 bits per heavy atom. The fourth-order valence-electron chi connectivity index (χ4n) is 4.42. The van der Waals surface area contributed by atoms with E-state index in [0.29, 0.717) is 30.6 Å². The summed E-state index contributed by atoms with van der Waals surface area (Å²) in [6.07, 6.45) is 6.28. The van der Waals surface area contributed by atoms with E-state index in [2.05, 4.69) is 12.2 Å². The molecule has 2 fully saturated rings. The van der Waals surface area contributed by atoms with Crippen LogP contribution in [0.2, 0.25) is 0 Å². The number of nitrogens with one attached hydrogen (secondary N) is 1. The van der Waals surface area contributed by atoms with Gasteiger partial charge in [-0.2, -0.15) is 0 Å². The fourth-order valence-corrected chi connectivity index (χ4v) is 4.42. The Morgan fingerprint density at radius 3 is 2.38 bits per heavy atom. The van der Waals surface area contributed by atoms with Gasteiger partial charge in [0.05, 0.1) is 0 Å². The van der Waals surface area contributed by atoms with Gasteiger partial charge in [0.1, 0.15) is 6.04 Å². The summed E-state index contributed by atoms with van der Waals surface area (Å²) < 4.78 is 0. The summed E-state index contributed by atoms with van der Waals surface area (Å²) in [5.74, 6) is -0.0540. The van der Waals surface area contributed by atoms with Crippen LogP contribution in [-0.2, 0) is 9.59 Å². The third kappa shape index (κ3) is 4.80. The van der Waals surface area contributed by atoms with Gasteiger partial charge in [0.2, 0.25) is 11.8 Å². The quantitative estimate of drug-likeness (QED) is 0.838. The molecule has 2 saturated heterocycles. The zero-order chi connectivity index (χ0) is 21.0. The van der Waals surface area contributed by atoms with Gasteiger partial charge in [-0.1, -0.05) is 6.92 Å². The average molecular weight is 400 g/mol. The van der Waals surface area contributed by atoms with E-state index in [-0.39, 0.29) is 23.8 Å². The predicted octanol–water partition coefficient (Wildman–Crippen LogP) is 3.74. The number of aryl methyl sites for hydroxylation is 1. The molecule has 0 bridgehead atoms. The van der Waals surface area contributed by atoms with Crippen LogP contribution in [0, 0.1) is 6.92 Å². The third-order valence-corrected chi connectivity index (χ3v) is 6.22. The normalized spacial score (nSPS) is 22.3. The number of nitrogens with zero attached hydrogens (tertiary/aromatic N) is 2. The molecular formula is C23H33N3O3. The Kier molecular flexibility index (Phi) is 6.93. The van der Waals surface area contributed by atoms with E-state index in [4.69, 9.17) is 0 Å². The maximum absolute atomic E-state index is 12.9. The van der Waals surface area contributed by atoms with Gasteiger partial charge in [-0.05, 0) is 76.1 Å². The highest BCUT2D eigenvalue weighted by molar-refractivity contribution is 5.99. The highest BCUT2D eigenvalue weighted by atomic mass is 16.2. The van der Waals surface area contributed by atoms with Crippen LogP contribution in [0.15, 0.2) is 18.2 Å². The molecule has 1 aromatic rings. The van der Waals surface area contributed by atoms with Crippen molar-refractivity contribution in [3.63, 3.8) is 0 Å². The summed E-state index contributed by atoms with van der Waals surface area (Å²) in [5.41, 5.74) is 2.22. The standard InChI is InChI=1S/C23H33N3O3/c1-4-21(27)26-14-8-6-10-20(26)22(28)24-19-12-11-18(15-16(19)2)23(29)25-13-7-5-9-17(25)3/h11-12,15,17,20H,4-10,13-14H2,1-3H3,(H,24,28). The number of carbonyl (C=O) groups excluding carboxylic acids is 3. The van der Waals surface area contributed by atoms with E-state index in [0.717, 1.165) is 37.8 Å². The zero-order valence-corrected chi connectivity index (χ0v) is 17.9. The monoisotopic (exact) mass is 399 g/mol. The fraction of sp³-hybridized carbons (Fsp3) is 0.609. The van der Waals surface area contributed by atoms with Crippen molar-refractivity contribution < 1.29 is 14.4 Å². The molecule has 0 spiro atoms. The van der Waals surface area contributed by atoms with E-state index in [1.807, 2.05) is 30.9 Å². The molecule has 2 atom stereocenters. The molecule has 6 heteroatoms. The lowest BCUT2D eigenvalue weighted by molar-refractivity contribution is -0.140. The van der Waals surface area contributed by atoms with Gasteiger partial charge in [0, 0.05) is 36.8 Å². The van der Waals surface area contributed by atoms with Gasteiger partial charge in [-0.15, -0.1) is 0 Å². The smallest absolute Gasteiger partial charge is 0.254 e. The molecule has 0 saturated carbocycles. The van der Waals surface area contributed by atoms with E-state index in [9.17, 15) is 14.4 Å². The molecule has 2 aliphatic heterocycles. The number of rotatable bonds is 4. The van der Waals surface area contributed by atoms with E-state index in [1.165, 1.54) is 6.42 Å².